The zero-order valence-corrected chi connectivity index (χ0v) is 25.0. The van der Waals surface area contributed by atoms with Gasteiger partial charge in [-0.15, -0.1) is 6.58 Å². The molecule has 0 spiro atoms. The van der Waals surface area contributed by atoms with Crippen molar-refractivity contribution in [1.82, 2.24) is 15.3 Å². The summed E-state index contributed by atoms with van der Waals surface area (Å²) >= 11 is 6.06. The van der Waals surface area contributed by atoms with E-state index in [1.54, 1.807) is 0 Å². The quantitative estimate of drug-likeness (QED) is 0.150. The number of hydrogen-bond acceptors (Lipinski definition) is 4. The predicted molar refractivity (Wildman–Crippen MR) is 177 cm³/mol. The van der Waals surface area contributed by atoms with Gasteiger partial charge in [0, 0.05) is 35.7 Å². The van der Waals surface area contributed by atoms with Gasteiger partial charge in [0.25, 0.3) is 0 Å². The summed E-state index contributed by atoms with van der Waals surface area (Å²) in [4.78, 5) is 26.4. The van der Waals surface area contributed by atoms with Crippen LogP contribution in [0.25, 0.3) is 22.5 Å². The molecular formula is C37H35ClN4O. The third kappa shape index (κ3) is 7.37. The van der Waals surface area contributed by atoms with Crippen molar-refractivity contribution in [2.24, 2.45) is 0 Å². The van der Waals surface area contributed by atoms with Crippen LogP contribution < -0.4 is 10.2 Å². The van der Waals surface area contributed by atoms with Crippen LogP contribution in [0.4, 0.5) is 5.82 Å². The average Bonchev–Trinajstić information content (AvgIpc) is 3.05. The summed E-state index contributed by atoms with van der Waals surface area (Å²) in [5.41, 5.74) is 6.41. The van der Waals surface area contributed by atoms with E-state index in [4.69, 9.17) is 21.6 Å². The summed E-state index contributed by atoms with van der Waals surface area (Å²) in [7, 11) is 0. The molecule has 5 nitrogen and oxygen atoms in total. The number of carbonyl (C=O) groups is 1. The van der Waals surface area contributed by atoms with Gasteiger partial charge in [-0.3, -0.25) is 4.79 Å². The Morgan fingerprint density at radius 2 is 1.37 bits per heavy atom. The van der Waals surface area contributed by atoms with Crippen molar-refractivity contribution >= 4 is 23.3 Å². The molecule has 5 rings (SSSR count). The Morgan fingerprint density at radius 1 is 0.814 bits per heavy atom. The Balaban J connectivity index is 1.62. The summed E-state index contributed by atoms with van der Waals surface area (Å²) < 4.78 is 0. The first-order chi connectivity index (χ1) is 21.1. The molecule has 43 heavy (non-hydrogen) atoms. The molecule has 0 bridgehead atoms. The fourth-order valence-electron chi connectivity index (χ4n) is 5.15. The van der Waals surface area contributed by atoms with Gasteiger partial charge in [-0.25, -0.2) is 9.97 Å². The number of benzene rings is 4. The van der Waals surface area contributed by atoms with Crippen molar-refractivity contribution in [1.29, 1.82) is 0 Å². The normalized spacial score (nSPS) is 11.5. The first-order valence-corrected chi connectivity index (χ1v) is 14.9. The largest absolute Gasteiger partial charge is 0.350 e. The molecule has 0 aliphatic rings. The Bertz CT molecular complexity index is 1640. The summed E-state index contributed by atoms with van der Waals surface area (Å²) in [5.74, 6) is 0.593. The maximum Gasteiger partial charge on any atom is 0.243 e. The number of aromatic nitrogens is 2. The Morgan fingerprint density at radius 3 is 1.93 bits per heavy atom. The Kier molecular flexibility index (Phi) is 9.98. The average molecular weight is 587 g/mol. The highest BCUT2D eigenvalue weighted by Gasteiger charge is 2.29. The number of halogens is 1. The van der Waals surface area contributed by atoms with E-state index >= 15 is 0 Å². The molecule has 0 aliphatic carbocycles. The lowest BCUT2D eigenvalue weighted by Gasteiger charge is -2.32. The van der Waals surface area contributed by atoms with Gasteiger partial charge in [0.05, 0.1) is 17.1 Å². The van der Waals surface area contributed by atoms with Crippen LogP contribution >= 0.6 is 11.6 Å². The predicted octanol–water partition coefficient (Wildman–Crippen LogP) is 8.14. The lowest BCUT2D eigenvalue weighted by Crippen LogP contribution is -2.47. The van der Waals surface area contributed by atoms with Crippen LogP contribution in [0.1, 0.15) is 30.2 Å². The van der Waals surface area contributed by atoms with Crippen molar-refractivity contribution in [3.05, 3.63) is 150 Å². The van der Waals surface area contributed by atoms with Crippen molar-refractivity contribution in [3.8, 4) is 22.5 Å². The number of amides is 1. The molecule has 1 aromatic heterocycles. The van der Waals surface area contributed by atoms with E-state index in [1.165, 1.54) is 0 Å². The smallest absolute Gasteiger partial charge is 0.243 e. The van der Waals surface area contributed by atoms with Crippen molar-refractivity contribution in [2.45, 2.75) is 32.4 Å². The topological polar surface area (TPSA) is 58.1 Å². The van der Waals surface area contributed by atoms with Gasteiger partial charge >= 0.3 is 0 Å². The molecule has 0 aliphatic heterocycles. The van der Waals surface area contributed by atoms with Gasteiger partial charge in [-0.1, -0.05) is 128 Å². The molecule has 1 unspecified atom stereocenters. The molecule has 216 valence electrons. The molecule has 5 aromatic rings. The third-order valence-electron chi connectivity index (χ3n) is 7.30. The monoisotopic (exact) mass is 586 g/mol. The summed E-state index contributed by atoms with van der Waals surface area (Å²) in [6.07, 6.45) is 2.96. The summed E-state index contributed by atoms with van der Waals surface area (Å²) in [6.45, 7) is 6.88. The highest BCUT2D eigenvalue weighted by atomic mass is 35.5. The molecule has 4 aromatic carbocycles. The lowest BCUT2D eigenvalue weighted by molar-refractivity contribution is -0.122. The number of hydrogen-bond donors (Lipinski definition) is 1. The molecule has 0 saturated heterocycles. The minimum Gasteiger partial charge on any atom is -0.350 e. The molecular weight excluding hydrogens is 552 g/mol. The number of nitrogens with zero attached hydrogens (tertiary/aromatic N) is 3. The second kappa shape index (κ2) is 14.4. The number of nitrogens with one attached hydrogen (secondary N) is 1. The van der Waals surface area contributed by atoms with Gasteiger partial charge in [0.15, 0.2) is 5.82 Å². The fraction of sp³-hybridized carbons (Fsp3) is 0.162. The zero-order chi connectivity index (χ0) is 30.0. The molecule has 1 N–H and O–H groups in total. The third-order valence-corrected chi connectivity index (χ3v) is 7.55. The highest BCUT2D eigenvalue weighted by Crippen LogP contribution is 2.34. The molecule has 1 amide bonds. The minimum atomic E-state index is -0.486. The maximum absolute atomic E-state index is 13.8. The highest BCUT2D eigenvalue weighted by molar-refractivity contribution is 6.30. The van der Waals surface area contributed by atoms with Gasteiger partial charge in [-0.2, -0.15) is 0 Å². The van der Waals surface area contributed by atoms with E-state index in [2.05, 4.69) is 36.2 Å². The lowest BCUT2D eigenvalue weighted by atomic mass is 10.0. The number of anilines is 1. The van der Waals surface area contributed by atoms with Crippen LogP contribution in [0.2, 0.25) is 5.02 Å². The molecule has 0 radical (unpaired) electrons. The van der Waals surface area contributed by atoms with E-state index in [0.717, 1.165) is 39.3 Å². The summed E-state index contributed by atoms with van der Waals surface area (Å²) in [5, 5.41) is 3.79. The van der Waals surface area contributed by atoms with E-state index in [0.29, 0.717) is 36.8 Å². The van der Waals surface area contributed by atoms with Gasteiger partial charge in [-0.05, 0) is 29.7 Å². The van der Waals surface area contributed by atoms with E-state index in [9.17, 15) is 4.79 Å². The fourth-order valence-corrected chi connectivity index (χ4v) is 5.28. The SMILES string of the molecule is C=CCN(c1nc(-c2ccccc2)c(-c2ccccc2)nc1Cc1ccccc1)C(CC)C(=O)NCc1ccc(Cl)cc1. The summed E-state index contributed by atoms with van der Waals surface area (Å²) in [6, 6.07) is 37.5. The van der Waals surface area contributed by atoms with E-state index < -0.39 is 6.04 Å². The first-order valence-electron chi connectivity index (χ1n) is 14.5. The van der Waals surface area contributed by atoms with E-state index in [-0.39, 0.29) is 5.91 Å². The second-order valence-corrected chi connectivity index (χ2v) is 10.7. The van der Waals surface area contributed by atoms with Crippen LogP contribution in [0.3, 0.4) is 0 Å². The number of carbonyl (C=O) groups excluding carboxylic acids is 1. The van der Waals surface area contributed by atoms with Crippen LogP contribution in [0.5, 0.6) is 0 Å². The molecule has 0 saturated carbocycles. The van der Waals surface area contributed by atoms with Crippen LogP contribution in [-0.4, -0.2) is 28.5 Å². The van der Waals surface area contributed by atoms with Crippen LogP contribution in [0, 0.1) is 0 Å². The van der Waals surface area contributed by atoms with Crippen molar-refractivity contribution in [3.63, 3.8) is 0 Å². The van der Waals surface area contributed by atoms with Crippen LogP contribution in [-0.2, 0) is 17.8 Å². The Labute approximate surface area is 258 Å². The standard InChI is InChI=1S/C37H35ClN4O/c1-3-24-42(33(4-2)37(43)39-26-28-20-22-31(38)23-21-28)36-32(25-27-14-8-5-9-15-27)40-34(29-16-10-6-11-17-29)35(41-36)30-18-12-7-13-19-30/h3,5-23,33H,1,4,24-26H2,2H3,(H,39,43). The Hall–Kier alpha value is -4.74. The molecule has 1 heterocycles. The second-order valence-electron chi connectivity index (χ2n) is 10.3. The zero-order valence-electron chi connectivity index (χ0n) is 24.3. The van der Waals surface area contributed by atoms with Crippen molar-refractivity contribution < 1.29 is 4.79 Å². The van der Waals surface area contributed by atoms with E-state index in [1.807, 2.05) is 109 Å². The van der Waals surface area contributed by atoms with Crippen molar-refractivity contribution in [2.75, 3.05) is 11.4 Å². The van der Waals surface area contributed by atoms with Crippen LogP contribution in [0.15, 0.2) is 128 Å². The maximum atomic E-state index is 13.8. The molecule has 0 fully saturated rings. The first kappa shape index (κ1) is 29.7. The molecule has 6 heteroatoms. The van der Waals surface area contributed by atoms with Gasteiger partial charge in [0.2, 0.25) is 5.91 Å². The number of rotatable bonds is 12. The van der Waals surface area contributed by atoms with Gasteiger partial charge in [0.1, 0.15) is 6.04 Å². The minimum absolute atomic E-state index is 0.0832. The van der Waals surface area contributed by atoms with Gasteiger partial charge < -0.3 is 10.2 Å². The molecule has 1 atom stereocenters.